The Morgan fingerprint density at radius 1 is 1.30 bits per heavy atom. The average molecular weight is 391 g/mol. The number of rotatable bonds is 6. The lowest BCUT2D eigenvalue weighted by Crippen LogP contribution is -2.41. The molecule has 0 bridgehead atoms. The number of aryl methyl sites for hydroxylation is 1. The minimum Gasteiger partial charge on any atom is -0.351 e. The second-order valence-electron chi connectivity index (χ2n) is 6.95. The molecule has 1 aliphatic rings. The first kappa shape index (κ1) is 19.5. The van der Waals surface area contributed by atoms with Crippen molar-refractivity contribution in [1.29, 1.82) is 0 Å². The molecule has 0 aromatic carbocycles. The third-order valence-electron chi connectivity index (χ3n) is 4.77. The fourth-order valence-electron chi connectivity index (χ4n) is 3.41. The molecule has 0 amide bonds. The Morgan fingerprint density at radius 3 is 2.63 bits per heavy atom. The minimum absolute atomic E-state index is 0.133. The molecule has 27 heavy (non-hydrogen) atoms. The van der Waals surface area contributed by atoms with Gasteiger partial charge in [0.2, 0.25) is 16.0 Å². The molecule has 9 heteroatoms. The van der Waals surface area contributed by atoms with Crippen molar-refractivity contribution >= 4 is 16.0 Å². The predicted octanol–water partition coefficient (Wildman–Crippen LogP) is 2.58. The number of anilines is 1. The van der Waals surface area contributed by atoms with Crippen molar-refractivity contribution in [2.75, 3.05) is 18.4 Å². The van der Waals surface area contributed by atoms with E-state index in [4.69, 9.17) is 0 Å². The van der Waals surface area contributed by atoms with Gasteiger partial charge in [0.25, 0.3) is 0 Å². The van der Waals surface area contributed by atoms with Gasteiger partial charge >= 0.3 is 0 Å². The highest BCUT2D eigenvalue weighted by Gasteiger charge is 2.26. The Bertz CT molecular complexity index is 914. The van der Waals surface area contributed by atoms with Gasteiger partial charge in [-0.05, 0) is 39.7 Å². The fourth-order valence-corrected chi connectivity index (χ4v) is 4.34. The van der Waals surface area contributed by atoms with Gasteiger partial charge in [0.1, 0.15) is 5.82 Å². The van der Waals surface area contributed by atoms with E-state index in [0.717, 1.165) is 22.6 Å². The summed E-state index contributed by atoms with van der Waals surface area (Å²) in [7, 11) is -3.34. The maximum Gasteiger partial charge on any atom is 0.235 e. The molecule has 2 aromatic rings. The molecule has 1 fully saturated rings. The van der Waals surface area contributed by atoms with Crippen LogP contribution in [0.25, 0.3) is 11.4 Å². The number of piperidine rings is 1. The smallest absolute Gasteiger partial charge is 0.235 e. The van der Waals surface area contributed by atoms with E-state index in [1.165, 1.54) is 4.31 Å². The minimum atomic E-state index is -3.34. The fraction of sp³-hybridized carbons (Fsp3) is 0.500. The summed E-state index contributed by atoms with van der Waals surface area (Å²) in [5.41, 5.74) is 1.77. The quantitative estimate of drug-likeness (QED) is 0.815. The van der Waals surface area contributed by atoms with E-state index in [9.17, 15) is 8.42 Å². The summed E-state index contributed by atoms with van der Waals surface area (Å²) >= 11 is 0. The van der Waals surface area contributed by atoms with E-state index < -0.39 is 10.0 Å². The molecule has 3 heterocycles. The normalized spacial score (nSPS) is 16.6. The molecule has 2 aromatic heterocycles. The Morgan fingerprint density at radius 2 is 2.00 bits per heavy atom. The first-order valence-corrected chi connectivity index (χ1v) is 10.6. The van der Waals surface area contributed by atoms with Crippen LogP contribution in [0.1, 0.15) is 38.6 Å². The molecule has 8 nitrogen and oxygen atoms in total. The number of sulfonamides is 1. The second kappa shape index (κ2) is 7.77. The lowest BCUT2D eigenvalue weighted by molar-refractivity contribution is 0.332. The number of hydrogen-bond acceptors (Lipinski definition) is 6. The predicted molar refractivity (Wildman–Crippen MR) is 106 cm³/mol. The summed E-state index contributed by atoms with van der Waals surface area (Å²) in [4.78, 5) is 13.4. The zero-order valence-electron chi connectivity index (χ0n) is 16.0. The first-order chi connectivity index (χ1) is 12.8. The molecule has 1 saturated heterocycles. The summed E-state index contributed by atoms with van der Waals surface area (Å²) in [6.45, 7) is 10.5. The van der Waals surface area contributed by atoms with Crippen LogP contribution >= 0.6 is 0 Å². The average Bonchev–Trinajstić information content (AvgIpc) is 3.04. The summed E-state index contributed by atoms with van der Waals surface area (Å²) in [6.07, 6.45) is 4.96. The third kappa shape index (κ3) is 4.19. The molecule has 0 aliphatic carbocycles. The highest BCUT2D eigenvalue weighted by Crippen LogP contribution is 2.24. The van der Waals surface area contributed by atoms with Crippen LogP contribution in [0.5, 0.6) is 0 Å². The van der Waals surface area contributed by atoms with Crippen LogP contribution in [0.3, 0.4) is 0 Å². The highest BCUT2D eigenvalue weighted by molar-refractivity contribution is 7.92. The number of imidazole rings is 1. The molecule has 0 atom stereocenters. The lowest BCUT2D eigenvalue weighted by atomic mass is 10.1. The molecule has 3 rings (SSSR count). The monoisotopic (exact) mass is 390 g/mol. The van der Waals surface area contributed by atoms with Crippen molar-refractivity contribution in [3.63, 3.8) is 0 Å². The van der Waals surface area contributed by atoms with Gasteiger partial charge in [0.15, 0.2) is 0 Å². The van der Waals surface area contributed by atoms with E-state index in [-0.39, 0.29) is 12.1 Å². The number of nitrogens with one attached hydrogen (secondary N) is 1. The number of aromatic nitrogens is 4. The maximum atomic E-state index is 11.9. The van der Waals surface area contributed by atoms with E-state index in [1.54, 1.807) is 6.20 Å². The molecule has 0 spiro atoms. The molecule has 0 radical (unpaired) electrons. The Balaban J connectivity index is 1.72. The zero-order valence-corrected chi connectivity index (χ0v) is 16.8. The van der Waals surface area contributed by atoms with Gasteiger partial charge in [0.05, 0.1) is 17.6 Å². The van der Waals surface area contributed by atoms with E-state index in [0.29, 0.717) is 31.9 Å². The molecule has 1 aliphatic heterocycles. The molecule has 0 saturated carbocycles. The maximum absolute atomic E-state index is 11.9. The van der Waals surface area contributed by atoms with Crippen molar-refractivity contribution in [1.82, 2.24) is 23.8 Å². The van der Waals surface area contributed by atoms with Gasteiger partial charge < -0.3 is 9.88 Å². The lowest BCUT2D eigenvalue weighted by Gasteiger charge is -2.30. The van der Waals surface area contributed by atoms with E-state index in [1.807, 2.05) is 19.2 Å². The standard InChI is InChI=1S/C18H26N6O2S/c1-5-27(25,26)23-10-7-15(8-11-23)21-18-19-9-6-16(22-18)17-12-20-14(4)24(17)13(2)3/h5-6,9,12-13,15H,1,7-8,10-11H2,2-4H3,(H,19,21,22). The summed E-state index contributed by atoms with van der Waals surface area (Å²) in [5, 5.41) is 4.34. The zero-order chi connectivity index (χ0) is 19.6. The van der Waals surface area contributed by atoms with Crippen LogP contribution in [-0.4, -0.2) is 51.4 Å². The molecular weight excluding hydrogens is 364 g/mol. The molecular formula is C18H26N6O2S. The SMILES string of the molecule is C=CS(=O)(=O)N1CCC(Nc2nccc(-c3cnc(C)n3C(C)C)n2)CC1. The van der Waals surface area contributed by atoms with Crippen molar-refractivity contribution in [3.8, 4) is 11.4 Å². The topological polar surface area (TPSA) is 93.0 Å². The van der Waals surface area contributed by atoms with Gasteiger partial charge in [-0.3, -0.25) is 0 Å². The van der Waals surface area contributed by atoms with Crippen LogP contribution < -0.4 is 5.32 Å². The summed E-state index contributed by atoms with van der Waals surface area (Å²) in [5.74, 6) is 1.50. The van der Waals surface area contributed by atoms with Crippen molar-refractivity contribution in [2.24, 2.45) is 0 Å². The van der Waals surface area contributed by atoms with Gasteiger partial charge in [-0.2, -0.15) is 4.31 Å². The third-order valence-corrected chi connectivity index (χ3v) is 6.28. The van der Waals surface area contributed by atoms with E-state index in [2.05, 4.69) is 45.3 Å². The van der Waals surface area contributed by atoms with Gasteiger partial charge in [-0.1, -0.05) is 6.58 Å². The van der Waals surface area contributed by atoms with E-state index >= 15 is 0 Å². The Kier molecular flexibility index (Phi) is 5.61. The Labute approximate surface area is 160 Å². The van der Waals surface area contributed by atoms with Crippen LogP contribution in [0.2, 0.25) is 0 Å². The highest BCUT2D eigenvalue weighted by atomic mass is 32.2. The van der Waals surface area contributed by atoms with Crippen LogP contribution in [0.4, 0.5) is 5.95 Å². The Hall–Kier alpha value is -2.26. The van der Waals surface area contributed by atoms with Gasteiger partial charge in [0, 0.05) is 36.8 Å². The molecule has 1 N–H and O–H groups in total. The second-order valence-corrected chi connectivity index (χ2v) is 8.83. The van der Waals surface area contributed by atoms with Crippen molar-refractivity contribution < 1.29 is 8.42 Å². The largest absolute Gasteiger partial charge is 0.351 e. The van der Waals surface area contributed by atoms with Crippen LogP contribution in [0, 0.1) is 6.92 Å². The summed E-state index contributed by atoms with van der Waals surface area (Å²) < 4.78 is 27.3. The van der Waals surface area contributed by atoms with Crippen LogP contribution in [-0.2, 0) is 10.0 Å². The van der Waals surface area contributed by atoms with Gasteiger partial charge in [-0.15, -0.1) is 0 Å². The van der Waals surface area contributed by atoms with Gasteiger partial charge in [-0.25, -0.2) is 23.4 Å². The molecule has 146 valence electrons. The number of hydrogen-bond donors (Lipinski definition) is 1. The van der Waals surface area contributed by atoms with Crippen molar-refractivity contribution in [3.05, 3.63) is 36.3 Å². The number of nitrogens with zero attached hydrogens (tertiary/aromatic N) is 5. The van der Waals surface area contributed by atoms with Crippen LogP contribution in [0.15, 0.2) is 30.4 Å². The van der Waals surface area contributed by atoms with Crippen molar-refractivity contribution in [2.45, 2.75) is 45.7 Å². The summed E-state index contributed by atoms with van der Waals surface area (Å²) in [6, 6.07) is 2.29. The molecule has 0 unspecified atom stereocenters. The first-order valence-electron chi connectivity index (χ1n) is 9.08.